The number of nitro benzene ring substituents is 1. The molecule has 0 radical (unpaired) electrons. The molecule has 0 heterocycles. The second-order valence-electron chi connectivity index (χ2n) is 2.56. The highest BCUT2D eigenvalue weighted by Crippen LogP contribution is 2.17. The minimum Gasteiger partial charge on any atom is -0.528 e. The van der Waals surface area contributed by atoms with Crippen LogP contribution in [0.25, 0.3) is 0 Å². The number of hydrogen-bond acceptors (Lipinski definition) is 5. The van der Waals surface area contributed by atoms with E-state index < -0.39 is 11.0 Å². The van der Waals surface area contributed by atoms with Crippen LogP contribution in [0.4, 0.5) is 10.5 Å². The molecule has 0 saturated carbocycles. The smallest absolute Gasteiger partial charge is 0.275 e. The van der Waals surface area contributed by atoms with Crippen LogP contribution in [-0.2, 0) is 11.4 Å². The highest BCUT2D eigenvalue weighted by molar-refractivity contribution is 5.60. The van der Waals surface area contributed by atoms with Crippen LogP contribution in [-0.4, -0.2) is 11.0 Å². The maximum absolute atomic E-state index is 10.5. The third-order valence-electron chi connectivity index (χ3n) is 1.57. The van der Waals surface area contributed by atoms with Crippen molar-refractivity contribution in [2.45, 2.75) is 6.61 Å². The summed E-state index contributed by atoms with van der Waals surface area (Å²) >= 11 is 0. The summed E-state index contributed by atoms with van der Waals surface area (Å²) in [6, 6.07) is 5.87. The largest absolute Gasteiger partial charge is 0.528 e. The first-order valence-corrected chi connectivity index (χ1v) is 3.92. The van der Waals surface area contributed by atoms with Gasteiger partial charge in [-0.15, -0.1) is 0 Å². The molecule has 0 aliphatic rings. The predicted molar refractivity (Wildman–Crippen MR) is 46.4 cm³/mol. The van der Waals surface area contributed by atoms with Gasteiger partial charge in [0.1, 0.15) is 6.61 Å². The molecule has 0 aromatic heterocycles. The zero-order valence-electron chi connectivity index (χ0n) is 7.50. The van der Waals surface area contributed by atoms with Gasteiger partial charge >= 0.3 is 0 Å². The van der Waals surface area contributed by atoms with E-state index in [1.165, 1.54) is 18.2 Å². The lowest BCUT2D eigenvalue weighted by atomic mass is 10.2. The Morgan fingerprint density at radius 2 is 2.13 bits per heavy atom. The van der Waals surface area contributed by atoms with Gasteiger partial charge < -0.3 is 9.90 Å². The van der Waals surface area contributed by atoms with Gasteiger partial charge in [0.15, 0.2) is 6.09 Å². The summed E-state index contributed by atoms with van der Waals surface area (Å²) in [4.78, 5) is 24.3. The molecule has 0 aliphatic carbocycles. The number of nitro groups is 1. The molecule has 0 bridgehead atoms. The maximum atomic E-state index is 10.5. The summed E-state index contributed by atoms with van der Waals surface area (Å²) in [6.45, 7) is -0.231. The molecule has 1 N–H and O–H groups in total. The number of carboxylic acid groups (broad SMARTS) is 1. The Labute approximate surface area is 84.4 Å². The van der Waals surface area contributed by atoms with Crippen LogP contribution in [0.5, 0.6) is 0 Å². The number of carbonyl (C=O) groups is 1. The molecule has 1 aromatic carbocycles. The van der Waals surface area contributed by atoms with Gasteiger partial charge in [0.25, 0.3) is 5.69 Å². The van der Waals surface area contributed by atoms with Crippen LogP contribution in [0.3, 0.4) is 0 Å². The highest BCUT2D eigenvalue weighted by atomic mass is 16.7. The van der Waals surface area contributed by atoms with Crippen molar-refractivity contribution in [1.82, 2.24) is 5.48 Å². The molecule has 1 amide bonds. The van der Waals surface area contributed by atoms with Crippen LogP contribution in [0, 0.1) is 10.1 Å². The topological polar surface area (TPSA) is 105 Å². The van der Waals surface area contributed by atoms with Crippen LogP contribution in [0.2, 0.25) is 0 Å². The summed E-state index contributed by atoms with van der Waals surface area (Å²) in [5.74, 6) is 0. The lowest BCUT2D eigenvalue weighted by Gasteiger charge is -2.06. The van der Waals surface area contributed by atoms with E-state index in [2.05, 4.69) is 4.84 Å². The molecule has 0 fully saturated rings. The van der Waals surface area contributed by atoms with Crippen molar-refractivity contribution >= 4 is 11.8 Å². The SMILES string of the molecule is O=C([O-])NOCc1ccccc1[N+](=O)[O-]. The molecule has 1 rings (SSSR count). The second-order valence-corrected chi connectivity index (χ2v) is 2.56. The number of carbonyl (C=O) groups excluding carboxylic acids is 1. The average Bonchev–Trinajstić information content (AvgIpc) is 2.17. The van der Waals surface area contributed by atoms with Gasteiger partial charge in [-0.1, -0.05) is 12.1 Å². The second kappa shape index (κ2) is 4.91. The Balaban J connectivity index is 2.67. The Hall–Kier alpha value is -2.15. The van der Waals surface area contributed by atoms with E-state index >= 15 is 0 Å². The molecule has 0 atom stereocenters. The van der Waals surface area contributed by atoms with Gasteiger partial charge in [-0.05, 0) is 6.07 Å². The fourth-order valence-electron chi connectivity index (χ4n) is 0.984. The molecular formula is C8H7N2O5-. The third-order valence-corrected chi connectivity index (χ3v) is 1.57. The molecule has 15 heavy (non-hydrogen) atoms. The summed E-state index contributed by atoms with van der Waals surface area (Å²) < 4.78 is 0. The van der Waals surface area contributed by atoms with Crippen LogP contribution in [0.15, 0.2) is 24.3 Å². The van der Waals surface area contributed by atoms with Crippen LogP contribution < -0.4 is 10.6 Å². The van der Waals surface area contributed by atoms with Gasteiger partial charge in [-0.25, -0.2) is 0 Å². The van der Waals surface area contributed by atoms with E-state index in [1.807, 2.05) is 0 Å². The number of nitrogens with zero attached hydrogens (tertiary/aromatic N) is 1. The molecule has 0 unspecified atom stereocenters. The van der Waals surface area contributed by atoms with Gasteiger partial charge in [-0.3, -0.25) is 20.4 Å². The number of nitrogens with one attached hydrogen (secondary N) is 1. The van der Waals surface area contributed by atoms with Crippen molar-refractivity contribution in [3.05, 3.63) is 39.9 Å². The minimum absolute atomic E-state index is 0.127. The fourth-order valence-corrected chi connectivity index (χ4v) is 0.984. The Morgan fingerprint density at radius 3 is 2.73 bits per heavy atom. The lowest BCUT2D eigenvalue weighted by molar-refractivity contribution is -0.386. The minimum atomic E-state index is -1.60. The lowest BCUT2D eigenvalue weighted by Crippen LogP contribution is -2.36. The van der Waals surface area contributed by atoms with Crippen molar-refractivity contribution in [3.63, 3.8) is 0 Å². The standard InChI is InChI=1S/C8H8N2O5/c11-8(12)9-15-5-6-3-1-2-4-7(6)10(13)14/h1-4,9H,5H2,(H,11,12)/p-1. The summed E-state index contributed by atoms with van der Waals surface area (Å²) in [6.07, 6.45) is -1.60. The molecule has 1 aromatic rings. The molecule has 0 spiro atoms. The van der Waals surface area contributed by atoms with Crippen molar-refractivity contribution in [2.24, 2.45) is 0 Å². The Bertz CT molecular complexity index is 379. The Kier molecular flexibility index (Phi) is 3.58. The third kappa shape index (κ3) is 3.24. The van der Waals surface area contributed by atoms with Gasteiger partial charge in [0.05, 0.1) is 10.5 Å². The quantitative estimate of drug-likeness (QED) is 0.555. The Morgan fingerprint density at radius 1 is 1.47 bits per heavy atom. The molecule has 0 aliphatic heterocycles. The molecule has 80 valence electrons. The molecule has 7 heteroatoms. The molecule has 7 nitrogen and oxygen atoms in total. The van der Waals surface area contributed by atoms with Crippen LogP contribution >= 0.6 is 0 Å². The number of hydrogen-bond donors (Lipinski definition) is 1. The average molecular weight is 211 g/mol. The van der Waals surface area contributed by atoms with Crippen LogP contribution in [0.1, 0.15) is 5.56 Å². The number of benzene rings is 1. The van der Waals surface area contributed by atoms with Gasteiger partial charge in [-0.2, -0.15) is 0 Å². The summed E-state index contributed by atoms with van der Waals surface area (Å²) in [5, 5.41) is 20.4. The monoisotopic (exact) mass is 211 g/mol. The van der Waals surface area contributed by atoms with Crippen molar-refractivity contribution < 1.29 is 19.7 Å². The predicted octanol–water partition coefficient (Wildman–Crippen LogP) is -0.0407. The molecule has 0 saturated heterocycles. The number of amides is 1. The normalized spacial score (nSPS) is 9.60. The first-order chi connectivity index (χ1) is 7.11. The first kappa shape index (κ1) is 10.9. The van der Waals surface area contributed by atoms with Crippen molar-refractivity contribution in [3.8, 4) is 0 Å². The van der Waals surface area contributed by atoms with E-state index in [0.717, 1.165) is 0 Å². The van der Waals surface area contributed by atoms with Gasteiger partial charge in [0, 0.05) is 6.07 Å². The number of rotatable bonds is 4. The zero-order chi connectivity index (χ0) is 11.3. The van der Waals surface area contributed by atoms with E-state index in [4.69, 9.17) is 0 Å². The fraction of sp³-hybridized carbons (Fsp3) is 0.125. The number of hydroxylamine groups is 1. The highest BCUT2D eigenvalue weighted by Gasteiger charge is 2.11. The maximum Gasteiger partial charge on any atom is 0.275 e. The van der Waals surface area contributed by atoms with Crippen molar-refractivity contribution in [1.29, 1.82) is 0 Å². The van der Waals surface area contributed by atoms with E-state index in [-0.39, 0.29) is 17.9 Å². The van der Waals surface area contributed by atoms with Gasteiger partial charge in [0.2, 0.25) is 0 Å². The first-order valence-electron chi connectivity index (χ1n) is 3.92. The van der Waals surface area contributed by atoms with Crippen molar-refractivity contribution in [2.75, 3.05) is 0 Å². The zero-order valence-corrected chi connectivity index (χ0v) is 7.50. The van der Waals surface area contributed by atoms with E-state index in [9.17, 15) is 20.0 Å². The molecular weight excluding hydrogens is 204 g/mol. The number of para-hydroxylation sites is 1. The van der Waals surface area contributed by atoms with E-state index in [1.54, 1.807) is 11.5 Å². The summed E-state index contributed by atoms with van der Waals surface area (Å²) in [7, 11) is 0. The summed E-state index contributed by atoms with van der Waals surface area (Å²) in [5.41, 5.74) is 1.69. The van der Waals surface area contributed by atoms with E-state index in [0.29, 0.717) is 0 Å².